The lowest BCUT2D eigenvalue weighted by Crippen LogP contribution is -2.55. The summed E-state index contributed by atoms with van der Waals surface area (Å²) in [6.07, 6.45) is 0.389. The normalized spacial score (nSPS) is 18.5. The van der Waals surface area contributed by atoms with E-state index in [0.29, 0.717) is 42.4 Å². The molecule has 11 heteroatoms. The van der Waals surface area contributed by atoms with Crippen LogP contribution in [0.3, 0.4) is 0 Å². The average molecular weight is 511 g/mol. The van der Waals surface area contributed by atoms with Gasteiger partial charge in [0, 0.05) is 25.9 Å². The van der Waals surface area contributed by atoms with Crippen molar-refractivity contribution in [2.75, 3.05) is 31.7 Å². The van der Waals surface area contributed by atoms with Gasteiger partial charge in [-0.2, -0.15) is 0 Å². The first-order valence-electron chi connectivity index (χ1n) is 10.5. The van der Waals surface area contributed by atoms with Gasteiger partial charge < -0.3 is 24.7 Å². The fourth-order valence-electron chi connectivity index (χ4n) is 3.90. The number of nitrogens with one attached hydrogen (secondary N) is 2. The molecule has 0 aliphatic carbocycles. The van der Waals surface area contributed by atoms with E-state index in [1.54, 1.807) is 33.1 Å². The zero-order chi connectivity index (χ0) is 23.7. The van der Waals surface area contributed by atoms with E-state index in [2.05, 4.69) is 15.2 Å². The molecule has 0 radical (unpaired) electrons. The molecule has 0 unspecified atom stereocenters. The number of carbonyl (C=O) groups excluding carboxylic acids is 2. The Kier molecular flexibility index (Phi) is 7.13. The third-order valence-electron chi connectivity index (χ3n) is 5.63. The third-order valence-corrected chi connectivity index (χ3v) is 7.74. The summed E-state index contributed by atoms with van der Waals surface area (Å²) in [5, 5.41) is 4.36. The van der Waals surface area contributed by atoms with Gasteiger partial charge in [0.05, 0.1) is 44.6 Å². The number of amides is 1. The van der Waals surface area contributed by atoms with Crippen molar-refractivity contribution in [1.82, 2.24) is 15.3 Å². The fraction of sp³-hybridized carbons (Fsp3) is 0.409. The molecule has 1 fully saturated rings. The monoisotopic (exact) mass is 510 g/mol. The van der Waals surface area contributed by atoms with Crippen LogP contribution < -0.4 is 10.2 Å². The highest BCUT2D eigenvalue weighted by atomic mass is 35.5. The Labute approximate surface area is 205 Å². The number of ether oxygens (including phenoxy) is 2. The van der Waals surface area contributed by atoms with E-state index in [4.69, 9.17) is 37.7 Å². The maximum atomic E-state index is 12.8. The van der Waals surface area contributed by atoms with Gasteiger partial charge in [0.2, 0.25) is 0 Å². The number of esters is 1. The molecule has 0 saturated carbocycles. The predicted octanol–water partition coefficient (Wildman–Crippen LogP) is 4.44. The van der Waals surface area contributed by atoms with Gasteiger partial charge in [-0.1, -0.05) is 40.6 Å². The van der Waals surface area contributed by atoms with Crippen LogP contribution in [-0.2, 0) is 9.47 Å². The molecule has 1 aliphatic heterocycles. The number of aromatic nitrogens is 2. The molecular weight excluding hydrogens is 487 g/mol. The lowest BCUT2D eigenvalue weighted by molar-refractivity contribution is 0.0528. The number of methoxy groups -OCH3 is 1. The van der Waals surface area contributed by atoms with Gasteiger partial charge in [0.15, 0.2) is 5.13 Å². The minimum absolute atomic E-state index is 0.207. The van der Waals surface area contributed by atoms with Crippen molar-refractivity contribution >= 4 is 61.8 Å². The van der Waals surface area contributed by atoms with E-state index in [-0.39, 0.29) is 34.7 Å². The van der Waals surface area contributed by atoms with Crippen molar-refractivity contribution in [3.8, 4) is 0 Å². The molecule has 0 bridgehead atoms. The number of carbonyl (C=O) groups is 2. The van der Waals surface area contributed by atoms with E-state index in [9.17, 15) is 9.59 Å². The van der Waals surface area contributed by atoms with Crippen LogP contribution in [0.15, 0.2) is 18.2 Å². The predicted molar refractivity (Wildman–Crippen MR) is 130 cm³/mol. The quantitative estimate of drug-likeness (QED) is 0.475. The molecule has 1 amide bonds. The molecule has 1 aromatic carbocycles. The second-order valence-electron chi connectivity index (χ2n) is 7.71. The number of nitrogens with zero attached hydrogens (tertiary/aromatic N) is 2. The lowest BCUT2D eigenvalue weighted by Gasteiger charge is -2.37. The number of aromatic amines is 1. The fourth-order valence-corrected chi connectivity index (χ4v) is 5.42. The maximum Gasteiger partial charge on any atom is 0.339 e. The molecule has 0 spiro atoms. The van der Waals surface area contributed by atoms with E-state index in [1.807, 2.05) is 6.07 Å². The molecule has 3 heterocycles. The van der Waals surface area contributed by atoms with Crippen LogP contribution in [0.2, 0.25) is 10.0 Å². The first-order chi connectivity index (χ1) is 15.8. The Morgan fingerprint density at radius 3 is 2.79 bits per heavy atom. The number of benzene rings is 1. The number of aryl methyl sites for hydroxylation is 1. The molecule has 8 nitrogen and oxygen atoms in total. The number of H-pyrrole nitrogens is 1. The van der Waals surface area contributed by atoms with Crippen molar-refractivity contribution in [3.63, 3.8) is 0 Å². The number of halogens is 2. The molecule has 176 valence electrons. The van der Waals surface area contributed by atoms with Crippen molar-refractivity contribution in [3.05, 3.63) is 45.2 Å². The van der Waals surface area contributed by atoms with Crippen molar-refractivity contribution in [2.24, 2.45) is 0 Å². The second-order valence-corrected chi connectivity index (χ2v) is 9.45. The average Bonchev–Trinajstić information content (AvgIpc) is 3.36. The van der Waals surface area contributed by atoms with Crippen molar-refractivity contribution in [1.29, 1.82) is 0 Å². The second kappa shape index (κ2) is 9.89. The highest BCUT2D eigenvalue weighted by Gasteiger charge is 2.33. The van der Waals surface area contributed by atoms with E-state index >= 15 is 0 Å². The summed E-state index contributed by atoms with van der Waals surface area (Å²) in [5.41, 5.74) is 2.15. The first kappa shape index (κ1) is 23.8. The topological polar surface area (TPSA) is 96.5 Å². The standard InChI is InChI=1S/C22H24Cl2N4O4S/c1-4-32-21(30)12-6-5-7-14-19(12)33-22(27-14)28-9-8-13(15(10-28)31-3)26-20(29)18-17(24)16(23)11(2)25-18/h5-7,13,15,25H,4,8-10H2,1-3H3,(H,26,29)/t13-,15+/m0/s1. The Bertz CT molecular complexity index is 1190. The van der Waals surface area contributed by atoms with Crippen LogP contribution in [0.5, 0.6) is 0 Å². The minimum atomic E-state index is -0.354. The van der Waals surface area contributed by atoms with Gasteiger partial charge in [0.25, 0.3) is 5.91 Å². The third kappa shape index (κ3) is 4.68. The summed E-state index contributed by atoms with van der Waals surface area (Å²) in [4.78, 5) is 34.9. The highest BCUT2D eigenvalue weighted by Crippen LogP contribution is 2.34. The Hall–Kier alpha value is -2.33. The molecule has 1 saturated heterocycles. The summed E-state index contributed by atoms with van der Waals surface area (Å²) in [5.74, 6) is -0.678. The van der Waals surface area contributed by atoms with Crippen LogP contribution in [0, 0.1) is 6.92 Å². The lowest BCUT2D eigenvalue weighted by atomic mass is 10.0. The number of piperidine rings is 1. The van der Waals surface area contributed by atoms with Crippen molar-refractivity contribution in [2.45, 2.75) is 32.4 Å². The van der Waals surface area contributed by atoms with E-state index < -0.39 is 0 Å². The molecule has 4 rings (SSSR count). The maximum absolute atomic E-state index is 12.8. The van der Waals surface area contributed by atoms with Gasteiger partial charge in [-0.05, 0) is 32.4 Å². The number of rotatable bonds is 6. The Balaban J connectivity index is 1.50. The van der Waals surface area contributed by atoms with Crippen LogP contribution in [-0.4, -0.2) is 60.8 Å². The number of hydrogen-bond acceptors (Lipinski definition) is 7. The number of fused-ring (bicyclic) bond motifs is 1. The summed E-state index contributed by atoms with van der Waals surface area (Å²) in [6, 6.07) is 5.23. The Morgan fingerprint density at radius 2 is 2.12 bits per heavy atom. The summed E-state index contributed by atoms with van der Waals surface area (Å²) in [6.45, 7) is 5.05. The van der Waals surface area contributed by atoms with Crippen LogP contribution >= 0.6 is 34.5 Å². The highest BCUT2D eigenvalue weighted by molar-refractivity contribution is 7.22. The smallest absolute Gasteiger partial charge is 0.339 e. The number of anilines is 1. The van der Waals surface area contributed by atoms with Gasteiger partial charge in [-0.15, -0.1) is 0 Å². The first-order valence-corrected chi connectivity index (χ1v) is 12.1. The molecule has 33 heavy (non-hydrogen) atoms. The van der Waals surface area contributed by atoms with E-state index in [0.717, 1.165) is 15.3 Å². The molecule has 2 aromatic heterocycles. The Morgan fingerprint density at radius 1 is 1.33 bits per heavy atom. The van der Waals surface area contributed by atoms with Crippen LogP contribution in [0.25, 0.3) is 10.2 Å². The van der Waals surface area contributed by atoms with Gasteiger partial charge in [-0.3, -0.25) is 4.79 Å². The van der Waals surface area contributed by atoms with Gasteiger partial charge >= 0.3 is 5.97 Å². The SMILES string of the molecule is CCOC(=O)c1cccc2nc(N3CC[C@H](NC(=O)c4[nH]c(C)c(Cl)c4Cl)[C@H](OC)C3)sc12. The summed E-state index contributed by atoms with van der Waals surface area (Å²) in [7, 11) is 1.62. The number of thiazole rings is 1. The zero-order valence-electron chi connectivity index (χ0n) is 18.4. The van der Waals surface area contributed by atoms with Crippen molar-refractivity contribution < 1.29 is 19.1 Å². The molecular formula is C22H24Cl2N4O4S. The summed E-state index contributed by atoms with van der Waals surface area (Å²) < 4.78 is 11.7. The molecule has 2 N–H and O–H groups in total. The van der Waals surface area contributed by atoms with Gasteiger partial charge in [-0.25, -0.2) is 9.78 Å². The minimum Gasteiger partial charge on any atom is -0.462 e. The zero-order valence-corrected chi connectivity index (χ0v) is 20.7. The van der Waals surface area contributed by atoms with Crippen LogP contribution in [0.4, 0.5) is 5.13 Å². The summed E-state index contributed by atoms with van der Waals surface area (Å²) >= 11 is 13.7. The van der Waals surface area contributed by atoms with Crippen LogP contribution in [0.1, 0.15) is 39.9 Å². The molecule has 3 aromatic rings. The van der Waals surface area contributed by atoms with E-state index in [1.165, 1.54) is 11.3 Å². The van der Waals surface area contributed by atoms with Gasteiger partial charge in [0.1, 0.15) is 5.69 Å². The largest absolute Gasteiger partial charge is 0.462 e. The molecule has 1 aliphatic rings. The number of hydrogen-bond donors (Lipinski definition) is 2. The molecule has 2 atom stereocenters.